The second-order valence-corrected chi connectivity index (χ2v) is 5.55. The third kappa shape index (κ3) is 1.98. The number of aryl methyl sites for hydroxylation is 2. The normalized spacial score (nSPS) is 21.6. The Balaban J connectivity index is 1.82. The maximum absolute atomic E-state index is 12.6. The Labute approximate surface area is 117 Å². The van der Waals surface area contributed by atoms with Gasteiger partial charge in [-0.1, -0.05) is 0 Å². The van der Waals surface area contributed by atoms with Crippen LogP contribution in [0.5, 0.6) is 0 Å². The highest BCUT2D eigenvalue weighted by Crippen LogP contribution is 2.27. The number of nitrogens with one attached hydrogen (secondary N) is 2. The van der Waals surface area contributed by atoms with Gasteiger partial charge in [0.1, 0.15) is 5.54 Å². The van der Waals surface area contributed by atoms with Crippen molar-refractivity contribution in [3.63, 3.8) is 0 Å². The van der Waals surface area contributed by atoms with Crippen molar-refractivity contribution >= 4 is 11.9 Å². The maximum atomic E-state index is 12.6. The lowest BCUT2D eigenvalue weighted by molar-refractivity contribution is -0.132. The van der Waals surface area contributed by atoms with Crippen LogP contribution in [0.25, 0.3) is 0 Å². The highest BCUT2D eigenvalue weighted by molar-refractivity contribution is 6.07. The summed E-state index contributed by atoms with van der Waals surface area (Å²) in [6, 6.07) is 1.60. The first-order valence-electron chi connectivity index (χ1n) is 6.86. The third-order valence-corrected chi connectivity index (χ3v) is 4.12. The number of aromatic nitrogens is 2. The molecule has 7 nitrogen and oxygen atoms in total. The van der Waals surface area contributed by atoms with Gasteiger partial charge in [-0.25, -0.2) is 4.79 Å². The minimum absolute atomic E-state index is 0.108. The van der Waals surface area contributed by atoms with Crippen molar-refractivity contribution < 1.29 is 9.59 Å². The van der Waals surface area contributed by atoms with Gasteiger partial charge in [-0.05, 0) is 38.9 Å². The fourth-order valence-electron chi connectivity index (χ4n) is 2.99. The van der Waals surface area contributed by atoms with Crippen LogP contribution in [-0.4, -0.2) is 45.2 Å². The number of carbonyl (C=O) groups excluding carboxylic acids is 2. The summed E-state index contributed by atoms with van der Waals surface area (Å²) in [6.45, 7) is 3.68. The van der Waals surface area contributed by atoms with E-state index in [0.717, 1.165) is 24.5 Å². The number of hydrogen-bond donors (Lipinski definition) is 2. The van der Waals surface area contributed by atoms with Gasteiger partial charge in [0.2, 0.25) is 0 Å². The Kier molecular flexibility index (Phi) is 3.01. The zero-order valence-electron chi connectivity index (χ0n) is 11.8. The van der Waals surface area contributed by atoms with Gasteiger partial charge in [-0.15, -0.1) is 0 Å². The molecule has 108 valence electrons. The molecule has 2 N–H and O–H groups in total. The predicted molar refractivity (Wildman–Crippen MR) is 71.9 cm³/mol. The first-order chi connectivity index (χ1) is 9.52. The Morgan fingerprint density at radius 3 is 2.65 bits per heavy atom. The van der Waals surface area contributed by atoms with Crippen LogP contribution in [0.1, 0.15) is 24.2 Å². The minimum atomic E-state index is -0.698. The zero-order valence-corrected chi connectivity index (χ0v) is 11.8. The van der Waals surface area contributed by atoms with Crippen molar-refractivity contribution in [1.82, 2.24) is 25.3 Å². The molecule has 0 aliphatic carbocycles. The lowest BCUT2D eigenvalue weighted by atomic mass is 9.88. The highest BCUT2D eigenvalue weighted by Gasteiger charge is 2.51. The number of nitrogens with zero attached hydrogens (tertiary/aromatic N) is 3. The van der Waals surface area contributed by atoms with Crippen molar-refractivity contribution in [2.45, 2.75) is 31.8 Å². The number of hydrogen-bond acceptors (Lipinski definition) is 4. The molecule has 1 spiro atoms. The molecular weight excluding hydrogens is 258 g/mol. The Morgan fingerprint density at radius 1 is 1.35 bits per heavy atom. The van der Waals surface area contributed by atoms with Crippen molar-refractivity contribution in [2.24, 2.45) is 7.05 Å². The van der Waals surface area contributed by atoms with E-state index in [-0.39, 0.29) is 18.5 Å². The number of carbonyl (C=O) groups is 2. The number of urea groups is 1. The summed E-state index contributed by atoms with van der Waals surface area (Å²) in [7, 11) is 1.82. The molecule has 0 bridgehead atoms. The van der Waals surface area contributed by atoms with Crippen LogP contribution >= 0.6 is 0 Å². The van der Waals surface area contributed by atoms with Crippen molar-refractivity contribution in [3.05, 3.63) is 17.5 Å². The van der Waals surface area contributed by atoms with Gasteiger partial charge < -0.3 is 10.6 Å². The SMILES string of the molecule is Cc1cc(CN2C(=O)NC3(CCNCC3)C2=O)n(C)n1. The first kappa shape index (κ1) is 13.1. The molecule has 2 fully saturated rings. The molecule has 3 heterocycles. The van der Waals surface area contributed by atoms with E-state index >= 15 is 0 Å². The lowest BCUT2D eigenvalue weighted by Gasteiger charge is -2.31. The first-order valence-corrected chi connectivity index (χ1v) is 6.86. The highest BCUT2D eigenvalue weighted by atomic mass is 16.2. The molecule has 0 radical (unpaired) electrons. The molecule has 0 atom stereocenters. The fourth-order valence-corrected chi connectivity index (χ4v) is 2.99. The predicted octanol–water partition coefficient (Wildman–Crippen LogP) is -0.0975. The Morgan fingerprint density at radius 2 is 2.05 bits per heavy atom. The van der Waals surface area contributed by atoms with Crippen LogP contribution in [0.4, 0.5) is 4.79 Å². The second-order valence-electron chi connectivity index (χ2n) is 5.55. The fraction of sp³-hybridized carbons (Fsp3) is 0.615. The average Bonchev–Trinajstić information content (AvgIpc) is 2.83. The van der Waals surface area contributed by atoms with E-state index in [9.17, 15) is 9.59 Å². The number of imide groups is 1. The van der Waals surface area contributed by atoms with Crippen LogP contribution in [-0.2, 0) is 18.4 Å². The van der Waals surface area contributed by atoms with E-state index < -0.39 is 5.54 Å². The van der Waals surface area contributed by atoms with Gasteiger partial charge in [0.25, 0.3) is 5.91 Å². The molecule has 2 saturated heterocycles. The smallest absolute Gasteiger partial charge is 0.323 e. The van der Waals surface area contributed by atoms with Gasteiger partial charge >= 0.3 is 6.03 Å². The zero-order chi connectivity index (χ0) is 14.3. The van der Waals surface area contributed by atoms with E-state index in [1.165, 1.54) is 4.90 Å². The van der Waals surface area contributed by atoms with Crippen LogP contribution < -0.4 is 10.6 Å². The third-order valence-electron chi connectivity index (χ3n) is 4.12. The van der Waals surface area contributed by atoms with Gasteiger partial charge in [0.15, 0.2) is 0 Å². The van der Waals surface area contributed by atoms with E-state index in [4.69, 9.17) is 0 Å². The summed E-state index contributed by atoms with van der Waals surface area (Å²) in [6.07, 6.45) is 1.30. The molecule has 3 amide bonds. The van der Waals surface area contributed by atoms with E-state index in [1.807, 2.05) is 20.0 Å². The summed E-state index contributed by atoms with van der Waals surface area (Å²) in [5.41, 5.74) is 1.04. The summed E-state index contributed by atoms with van der Waals surface area (Å²) in [5, 5.41) is 10.3. The van der Waals surface area contributed by atoms with Gasteiger partial charge in [-0.3, -0.25) is 14.4 Å². The number of amides is 3. The molecule has 1 aromatic rings. The average molecular weight is 277 g/mol. The lowest BCUT2D eigenvalue weighted by Crippen LogP contribution is -2.53. The van der Waals surface area contributed by atoms with E-state index in [0.29, 0.717) is 12.8 Å². The van der Waals surface area contributed by atoms with Crippen molar-refractivity contribution in [3.8, 4) is 0 Å². The summed E-state index contributed by atoms with van der Waals surface area (Å²) >= 11 is 0. The van der Waals surface area contributed by atoms with E-state index in [1.54, 1.807) is 4.68 Å². The van der Waals surface area contributed by atoms with Crippen molar-refractivity contribution in [1.29, 1.82) is 0 Å². The molecule has 20 heavy (non-hydrogen) atoms. The number of piperidine rings is 1. The Bertz CT molecular complexity index is 559. The molecule has 3 rings (SSSR count). The summed E-state index contributed by atoms with van der Waals surface area (Å²) < 4.78 is 1.71. The van der Waals surface area contributed by atoms with Gasteiger partial charge in [0.05, 0.1) is 17.9 Å². The van der Waals surface area contributed by atoms with Crippen LogP contribution in [0, 0.1) is 6.92 Å². The second kappa shape index (κ2) is 4.59. The summed E-state index contributed by atoms with van der Waals surface area (Å²) in [4.78, 5) is 26.0. The number of rotatable bonds is 2. The largest absolute Gasteiger partial charge is 0.325 e. The van der Waals surface area contributed by atoms with Gasteiger partial charge in [-0.2, -0.15) is 5.10 Å². The van der Waals surface area contributed by atoms with E-state index in [2.05, 4.69) is 15.7 Å². The topological polar surface area (TPSA) is 79.3 Å². The Hall–Kier alpha value is -1.89. The monoisotopic (exact) mass is 277 g/mol. The summed E-state index contributed by atoms with van der Waals surface area (Å²) in [5.74, 6) is -0.108. The van der Waals surface area contributed by atoms with Crippen LogP contribution in [0.3, 0.4) is 0 Å². The molecule has 2 aliphatic rings. The molecule has 2 aliphatic heterocycles. The van der Waals surface area contributed by atoms with Gasteiger partial charge in [0, 0.05) is 7.05 Å². The molecule has 0 aromatic carbocycles. The minimum Gasteiger partial charge on any atom is -0.323 e. The molecule has 0 saturated carbocycles. The molecule has 7 heteroatoms. The molecule has 1 aromatic heterocycles. The molecule has 0 unspecified atom stereocenters. The standard InChI is InChI=1S/C13H19N5O2/c1-9-7-10(17(2)16-9)8-18-11(19)13(15-12(18)20)3-5-14-6-4-13/h7,14H,3-6,8H2,1-2H3,(H,15,20). The quantitative estimate of drug-likeness (QED) is 0.740. The molecular formula is C13H19N5O2. The van der Waals surface area contributed by atoms with Crippen molar-refractivity contribution in [2.75, 3.05) is 13.1 Å². The van der Waals surface area contributed by atoms with Crippen LogP contribution in [0.2, 0.25) is 0 Å². The maximum Gasteiger partial charge on any atom is 0.325 e. The van der Waals surface area contributed by atoms with Crippen LogP contribution in [0.15, 0.2) is 6.07 Å².